The summed E-state index contributed by atoms with van der Waals surface area (Å²) in [5.41, 5.74) is 3.10. The average molecular weight is 432 g/mol. The number of hydrogen-bond acceptors (Lipinski definition) is 6. The van der Waals surface area contributed by atoms with Crippen molar-refractivity contribution in [3.05, 3.63) is 70.9 Å². The van der Waals surface area contributed by atoms with Crippen molar-refractivity contribution >= 4 is 34.7 Å². The number of cyclic esters (lactones) is 2. The second-order valence-electron chi connectivity index (χ2n) is 8.43. The minimum absolute atomic E-state index is 0.115. The first-order valence-electron chi connectivity index (χ1n) is 10.2. The van der Waals surface area contributed by atoms with Crippen LogP contribution in [0.2, 0.25) is 0 Å². The van der Waals surface area contributed by atoms with E-state index in [1.165, 1.54) is 18.7 Å². The van der Waals surface area contributed by atoms with Gasteiger partial charge in [-0.15, -0.1) is 0 Å². The Morgan fingerprint density at radius 1 is 0.938 bits per heavy atom. The molecule has 5 rings (SSSR count). The van der Waals surface area contributed by atoms with Gasteiger partial charge in [-0.3, -0.25) is 24.1 Å². The number of carbonyl (C=O) groups is 4. The number of aromatic nitrogens is 1. The molecule has 8 nitrogen and oxygen atoms in total. The number of nitrogens with one attached hydrogen (secondary N) is 1. The summed E-state index contributed by atoms with van der Waals surface area (Å²) in [5, 5.41) is 0.796. The molecular weight excluding hydrogens is 412 g/mol. The van der Waals surface area contributed by atoms with Crippen molar-refractivity contribution in [1.29, 1.82) is 0 Å². The molecule has 2 aliphatic rings. The molecule has 32 heavy (non-hydrogen) atoms. The molecule has 1 fully saturated rings. The molecular formula is C24H20N2O6. The highest BCUT2D eigenvalue weighted by atomic mass is 16.7. The number of ether oxygens (including phenoxy) is 2. The topological polar surface area (TPSA) is 106 Å². The van der Waals surface area contributed by atoms with E-state index in [4.69, 9.17) is 9.47 Å². The van der Waals surface area contributed by atoms with Crippen LogP contribution in [0.3, 0.4) is 0 Å². The second kappa shape index (κ2) is 7.05. The summed E-state index contributed by atoms with van der Waals surface area (Å²) in [5.74, 6) is -4.22. The molecule has 2 amide bonds. The molecule has 162 valence electrons. The number of hydrogen-bond donors (Lipinski definition) is 1. The number of H-pyrrole nitrogens is 1. The lowest BCUT2D eigenvalue weighted by Gasteiger charge is -2.32. The van der Waals surface area contributed by atoms with Crippen LogP contribution in [0.5, 0.6) is 0 Å². The molecule has 8 heteroatoms. The predicted molar refractivity (Wildman–Crippen MR) is 112 cm³/mol. The SMILES string of the molecule is CC1(C)OC(=O)C(Cc2c[nH]c3ccc(CN4C(=O)c5ccccc5C4=O)cc23)C(=O)O1. The number of benzene rings is 2. The molecule has 1 saturated heterocycles. The van der Waals surface area contributed by atoms with Crippen LogP contribution in [0.15, 0.2) is 48.7 Å². The number of fused-ring (bicyclic) bond motifs is 2. The van der Waals surface area contributed by atoms with Crippen LogP contribution in [0, 0.1) is 5.92 Å². The van der Waals surface area contributed by atoms with E-state index in [0.29, 0.717) is 11.1 Å². The van der Waals surface area contributed by atoms with E-state index < -0.39 is 23.6 Å². The third kappa shape index (κ3) is 3.24. The zero-order chi connectivity index (χ0) is 22.6. The van der Waals surface area contributed by atoms with E-state index in [1.807, 2.05) is 18.2 Å². The third-order valence-electron chi connectivity index (χ3n) is 5.74. The predicted octanol–water partition coefficient (Wildman–Crippen LogP) is 2.96. The molecule has 1 N–H and O–H groups in total. The second-order valence-corrected chi connectivity index (χ2v) is 8.43. The fraction of sp³-hybridized carbons (Fsp3) is 0.250. The minimum Gasteiger partial charge on any atom is -0.422 e. The first kappa shape index (κ1) is 20.0. The van der Waals surface area contributed by atoms with Crippen molar-refractivity contribution in [3.8, 4) is 0 Å². The van der Waals surface area contributed by atoms with E-state index >= 15 is 0 Å². The smallest absolute Gasteiger partial charge is 0.323 e. The van der Waals surface area contributed by atoms with Crippen LogP contribution in [-0.2, 0) is 32.0 Å². The zero-order valence-electron chi connectivity index (χ0n) is 17.5. The molecule has 0 saturated carbocycles. The van der Waals surface area contributed by atoms with Gasteiger partial charge in [-0.05, 0) is 41.8 Å². The molecule has 0 bridgehead atoms. The molecule has 3 heterocycles. The number of nitrogens with zero attached hydrogens (tertiary/aromatic N) is 1. The van der Waals surface area contributed by atoms with E-state index in [0.717, 1.165) is 22.0 Å². The monoisotopic (exact) mass is 432 g/mol. The number of esters is 2. The summed E-state index contributed by atoms with van der Waals surface area (Å²) in [7, 11) is 0. The van der Waals surface area contributed by atoms with Crippen LogP contribution >= 0.6 is 0 Å². The Morgan fingerprint density at radius 2 is 1.56 bits per heavy atom. The number of imide groups is 1. The summed E-state index contributed by atoms with van der Waals surface area (Å²) in [6, 6.07) is 12.3. The summed E-state index contributed by atoms with van der Waals surface area (Å²) < 4.78 is 10.4. The van der Waals surface area contributed by atoms with Crippen molar-refractivity contribution in [2.75, 3.05) is 0 Å². The molecule has 0 unspecified atom stereocenters. The van der Waals surface area contributed by atoms with Gasteiger partial charge in [0.25, 0.3) is 17.6 Å². The van der Waals surface area contributed by atoms with Crippen molar-refractivity contribution in [2.45, 2.75) is 32.6 Å². The standard InChI is InChI=1S/C24H20N2O6/c1-24(2)31-22(29)18(23(30)32-24)10-14-11-25-19-8-7-13(9-17(14)19)12-26-20(27)15-5-3-4-6-16(15)21(26)28/h3-9,11,18,25H,10,12H2,1-2H3. The Kier molecular flexibility index (Phi) is 4.40. The fourth-order valence-electron chi connectivity index (χ4n) is 4.19. The van der Waals surface area contributed by atoms with E-state index in [9.17, 15) is 19.2 Å². The van der Waals surface area contributed by atoms with Crippen LogP contribution in [0.4, 0.5) is 0 Å². The van der Waals surface area contributed by atoms with Gasteiger partial charge in [0.15, 0.2) is 5.92 Å². The normalized spacial score (nSPS) is 18.1. The molecule has 1 aromatic heterocycles. The highest BCUT2D eigenvalue weighted by molar-refractivity contribution is 6.21. The van der Waals surface area contributed by atoms with Gasteiger partial charge in [0.2, 0.25) is 0 Å². The van der Waals surface area contributed by atoms with E-state index in [2.05, 4.69) is 4.98 Å². The van der Waals surface area contributed by atoms with Crippen molar-refractivity contribution in [1.82, 2.24) is 9.88 Å². The molecule has 0 radical (unpaired) electrons. The Bertz CT molecular complexity index is 1250. The lowest BCUT2D eigenvalue weighted by Crippen LogP contribution is -2.46. The molecule has 2 aliphatic heterocycles. The maximum absolute atomic E-state index is 12.7. The lowest BCUT2D eigenvalue weighted by atomic mass is 9.97. The van der Waals surface area contributed by atoms with Gasteiger partial charge < -0.3 is 14.5 Å². The van der Waals surface area contributed by atoms with Crippen LogP contribution in [0.25, 0.3) is 10.9 Å². The molecule has 3 aromatic rings. The highest BCUT2D eigenvalue weighted by Gasteiger charge is 2.43. The Balaban J connectivity index is 1.40. The average Bonchev–Trinajstić information content (AvgIpc) is 3.24. The van der Waals surface area contributed by atoms with Crippen LogP contribution in [0.1, 0.15) is 45.7 Å². The van der Waals surface area contributed by atoms with Crippen molar-refractivity contribution in [3.63, 3.8) is 0 Å². The van der Waals surface area contributed by atoms with Crippen molar-refractivity contribution < 1.29 is 28.7 Å². The van der Waals surface area contributed by atoms with Crippen LogP contribution < -0.4 is 0 Å². The van der Waals surface area contributed by atoms with Gasteiger partial charge in [0.1, 0.15) is 0 Å². The van der Waals surface area contributed by atoms with Gasteiger partial charge in [-0.25, -0.2) is 0 Å². The number of rotatable bonds is 4. The minimum atomic E-state index is -1.27. The molecule has 2 aromatic carbocycles. The van der Waals surface area contributed by atoms with Gasteiger partial charge in [0, 0.05) is 30.9 Å². The van der Waals surface area contributed by atoms with Crippen LogP contribution in [-0.4, -0.2) is 39.4 Å². The summed E-state index contributed by atoms with van der Waals surface area (Å²) >= 11 is 0. The first-order chi connectivity index (χ1) is 15.2. The quantitative estimate of drug-likeness (QED) is 0.386. The maximum atomic E-state index is 12.7. The highest BCUT2D eigenvalue weighted by Crippen LogP contribution is 2.30. The van der Waals surface area contributed by atoms with E-state index in [-0.39, 0.29) is 24.8 Å². The van der Waals surface area contributed by atoms with Gasteiger partial charge in [-0.2, -0.15) is 0 Å². The summed E-state index contributed by atoms with van der Waals surface area (Å²) in [4.78, 5) is 54.4. The van der Waals surface area contributed by atoms with Crippen molar-refractivity contribution in [2.24, 2.45) is 5.92 Å². The number of aromatic amines is 1. The Labute approximate surface area is 183 Å². The molecule has 0 spiro atoms. The summed E-state index contributed by atoms with van der Waals surface area (Å²) in [6.45, 7) is 3.14. The molecule has 0 aliphatic carbocycles. The lowest BCUT2D eigenvalue weighted by molar-refractivity contribution is -0.239. The Hall–Kier alpha value is -3.94. The molecule has 0 atom stereocenters. The van der Waals surface area contributed by atoms with E-state index in [1.54, 1.807) is 30.5 Å². The van der Waals surface area contributed by atoms with Gasteiger partial charge in [0.05, 0.1) is 17.7 Å². The Morgan fingerprint density at radius 3 is 2.19 bits per heavy atom. The largest absolute Gasteiger partial charge is 0.422 e. The number of amides is 2. The maximum Gasteiger partial charge on any atom is 0.323 e. The zero-order valence-corrected chi connectivity index (χ0v) is 17.5. The third-order valence-corrected chi connectivity index (χ3v) is 5.74. The van der Waals surface area contributed by atoms with Gasteiger partial charge in [-0.1, -0.05) is 18.2 Å². The summed E-state index contributed by atoms with van der Waals surface area (Å²) in [6.07, 6.45) is 1.85. The van der Waals surface area contributed by atoms with Gasteiger partial charge >= 0.3 is 11.9 Å². The number of carbonyl (C=O) groups excluding carboxylic acids is 4. The fourth-order valence-corrected chi connectivity index (χ4v) is 4.19. The first-order valence-corrected chi connectivity index (χ1v) is 10.2.